The largest absolute Gasteiger partial charge is 0.429 e. The van der Waals surface area contributed by atoms with Gasteiger partial charge in [-0.1, -0.05) is 78.9 Å². The van der Waals surface area contributed by atoms with Gasteiger partial charge in [-0.25, -0.2) is 0 Å². The predicted octanol–water partition coefficient (Wildman–Crippen LogP) is 3.77. The topological polar surface area (TPSA) is 26.3 Å². The van der Waals surface area contributed by atoms with Crippen molar-refractivity contribution in [1.82, 2.24) is 0 Å². The quantitative estimate of drug-likeness (QED) is 0.534. The van der Waals surface area contributed by atoms with Crippen molar-refractivity contribution >= 4 is 34.4 Å². The molecule has 0 N–H and O–H groups in total. The second kappa shape index (κ2) is 6.81. The van der Waals surface area contributed by atoms with E-state index >= 15 is 0 Å². The minimum Gasteiger partial charge on any atom is -0.429 e. The fourth-order valence-electron chi connectivity index (χ4n) is 2.40. The summed E-state index contributed by atoms with van der Waals surface area (Å²) in [5.41, 5.74) is -0.386. The van der Waals surface area contributed by atoms with E-state index < -0.39 is 7.38 Å². The molecule has 4 heteroatoms. The average molecular weight is 339 g/mol. The SMILES string of the molecule is O=C(Oc1ccccc1)[Si](Cl)(c1ccccc1)c1ccccc1. The number of halogens is 1. The molecule has 23 heavy (non-hydrogen) atoms. The molecule has 0 bridgehead atoms. The van der Waals surface area contributed by atoms with Crippen LogP contribution in [0.1, 0.15) is 0 Å². The van der Waals surface area contributed by atoms with Gasteiger partial charge in [0.2, 0.25) is 0 Å². The molecule has 0 atom stereocenters. The van der Waals surface area contributed by atoms with E-state index in [1.54, 1.807) is 12.1 Å². The maximum absolute atomic E-state index is 12.9. The van der Waals surface area contributed by atoms with Gasteiger partial charge in [0, 0.05) is 0 Å². The molecule has 0 heterocycles. The van der Waals surface area contributed by atoms with E-state index in [9.17, 15) is 4.79 Å². The summed E-state index contributed by atoms with van der Waals surface area (Å²) >= 11 is 6.95. The van der Waals surface area contributed by atoms with Crippen LogP contribution in [0.4, 0.5) is 4.79 Å². The molecule has 0 fully saturated rings. The Kier molecular flexibility index (Phi) is 4.60. The highest BCUT2D eigenvalue weighted by Crippen LogP contribution is 2.17. The maximum Gasteiger partial charge on any atom is 0.341 e. The predicted molar refractivity (Wildman–Crippen MR) is 96.2 cm³/mol. The van der Waals surface area contributed by atoms with Gasteiger partial charge in [0.05, 0.1) is 0 Å². The van der Waals surface area contributed by atoms with Crippen LogP contribution in [-0.2, 0) is 0 Å². The minimum absolute atomic E-state index is 0.386. The lowest BCUT2D eigenvalue weighted by molar-refractivity contribution is 0.224. The molecule has 0 saturated carbocycles. The number of ether oxygens (including phenoxy) is 1. The first-order chi connectivity index (χ1) is 11.2. The van der Waals surface area contributed by atoms with Crippen LogP contribution in [0, 0.1) is 0 Å². The third kappa shape index (κ3) is 3.21. The Morgan fingerprint density at radius 1 is 0.696 bits per heavy atom. The monoisotopic (exact) mass is 338 g/mol. The van der Waals surface area contributed by atoms with Gasteiger partial charge in [0.15, 0.2) is 0 Å². The van der Waals surface area contributed by atoms with Crippen LogP contribution in [0.15, 0.2) is 91.0 Å². The van der Waals surface area contributed by atoms with Crippen LogP contribution >= 0.6 is 11.1 Å². The number of para-hydroxylation sites is 1. The number of carbonyl (C=O) groups is 1. The summed E-state index contributed by atoms with van der Waals surface area (Å²) in [6, 6.07) is 27.9. The highest BCUT2D eigenvalue weighted by Gasteiger charge is 2.46. The van der Waals surface area contributed by atoms with Crippen LogP contribution in [0.25, 0.3) is 0 Å². The summed E-state index contributed by atoms with van der Waals surface area (Å²) in [5.74, 6) is 0.502. The third-order valence-corrected chi connectivity index (χ3v) is 8.27. The van der Waals surface area contributed by atoms with Crippen LogP contribution in [0.2, 0.25) is 0 Å². The number of rotatable bonds is 4. The van der Waals surface area contributed by atoms with E-state index in [4.69, 9.17) is 15.8 Å². The summed E-state index contributed by atoms with van der Waals surface area (Å²) in [4.78, 5) is 12.9. The van der Waals surface area contributed by atoms with Crippen molar-refractivity contribution < 1.29 is 9.53 Å². The van der Waals surface area contributed by atoms with Crippen molar-refractivity contribution in [2.24, 2.45) is 0 Å². The Bertz CT molecular complexity index is 737. The molecule has 0 aromatic heterocycles. The normalized spacial score (nSPS) is 11.0. The third-order valence-electron chi connectivity index (χ3n) is 3.58. The fourth-order valence-corrected chi connectivity index (χ4v) is 5.64. The Balaban J connectivity index is 2.04. The van der Waals surface area contributed by atoms with Crippen LogP contribution < -0.4 is 15.1 Å². The lowest BCUT2D eigenvalue weighted by Gasteiger charge is -2.23. The van der Waals surface area contributed by atoms with Crippen molar-refractivity contribution in [2.75, 3.05) is 0 Å². The van der Waals surface area contributed by atoms with Gasteiger partial charge in [0.25, 0.3) is 0 Å². The zero-order valence-electron chi connectivity index (χ0n) is 12.4. The molecular formula is C19H15ClO2Si. The van der Waals surface area contributed by atoms with Gasteiger partial charge in [-0.15, -0.1) is 11.1 Å². The first-order valence-corrected chi connectivity index (χ1v) is 10.3. The molecule has 0 aliphatic heterocycles. The Labute approximate surface area is 141 Å². The smallest absolute Gasteiger partial charge is 0.341 e. The van der Waals surface area contributed by atoms with Gasteiger partial charge in [-0.05, 0) is 22.5 Å². The van der Waals surface area contributed by atoms with Crippen LogP contribution in [0.3, 0.4) is 0 Å². The molecule has 0 spiro atoms. The van der Waals surface area contributed by atoms with E-state index in [-0.39, 0.29) is 5.59 Å². The van der Waals surface area contributed by atoms with Crippen molar-refractivity contribution in [1.29, 1.82) is 0 Å². The minimum atomic E-state index is -3.18. The molecule has 3 aromatic carbocycles. The molecule has 3 rings (SSSR count). The van der Waals surface area contributed by atoms with Gasteiger partial charge in [-0.3, -0.25) is 4.79 Å². The summed E-state index contributed by atoms with van der Waals surface area (Å²) < 4.78 is 5.58. The lowest BCUT2D eigenvalue weighted by Crippen LogP contribution is -2.61. The number of benzene rings is 3. The van der Waals surface area contributed by atoms with E-state index in [0.717, 1.165) is 10.4 Å². The van der Waals surface area contributed by atoms with E-state index in [1.807, 2.05) is 78.9 Å². The summed E-state index contributed by atoms with van der Waals surface area (Å²) in [6.45, 7) is 0. The first kappa shape index (κ1) is 15.5. The average Bonchev–Trinajstić information content (AvgIpc) is 2.63. The van der Waals surface area contributed by atoms with Gasteiger partial charge in [-0.2, -0.15) is 0 Å². The highest BCUT2D eigenvalue weighted by molar-refractivity contribution is 7.47. The number of carbonyl (C=O) groups excluding carboxylic acids is 1. The van der Waals surface area contributed by atoms with Crippen LogP contribution in [-0.4, -0.2) is 13.0 Å². The Hall–Kier alpha value is -2.36. The molecule has 0 saturated heterocycles. The standard InChI is InChI=1S/C19H15ClO2Si/c20-23(17-12-6-2-7-13-17,18-14-8-3-9-15-18)19(21)22-16-10-4-1-5-11-16/h1-15H. The van der Waals surface area contributed by atoms with Crippen molar-refractivity contribution in [3.63, 3.8) is 0 Å². The summed E-state index contributed by atoms with van der Waals surface area (Å²) in [7, 11) is -3.18. The molecule has 0 radical (unpaired) electrons. The molecule has 0 unspecified atom stereocenters. The van der Waals surface area contributed by atoms with Crippen LogP contribution in [0.5, 0.6) is 5.75 Å². The second-order valence-corrected chi connectivity index (χ2v) is 9.67. The molecule has 2 nitrogen and oxygen atoms in total. The summed E-state index contributed by atoms with van der Waals surface area (Å²) in [6.07, 6.45) is 0. The van der Waals surface area contributed by atoms with Crippen molar-refractivity contribution in [3.8, 4) is 5.75 Å². The zero-order chi connectivity index (χ0) is 16.1. The fraction of sp³-hybridized carbons (Fsp3) is 0. The van der Waals surface area contributed by atoms with Gasteiger partial charge < -0.3 is 4.74 Å². The molecular weight excluding hydrogens is 324 g/mol. The summed E-state index contributed by atoms with van der Waals surface area (Å²) in [5, 5.41) is 1.63. The molecule has 0 aliphatic rings. The van der Waals surface area contributed by atoms with Crippen molar-refractivity contribution in [2.45, 2.75) is 0 Å². The second-order valence-electron chi connectivity index (χ2n) is 5.09. The van der Waals surface area contributed by atoms with E-state index in [1.165, 1.54) is 0 Å². The number of hydrogen-bond acceptors (Lipinski definition) is 2. The van der Waals surface area contributed by atoms with Crippen molar-refractivity contribution in [3.05, 3.63) is 91.0 Å². The highest BCUT2D eigenvalue weighted by atomic mass is 35.6. The zero-order valence-corrected chi connectivity index (χ0v) is 14.1. The first-order valence-electron chi connectivity index (χ1n) is 7.28. The lowest BCUT2D eigenvalue weighted by atomic mass is 10.3. The molecule has 0 aliphatic carbocycles. The van der Waals surface area contributed by atoms with E-state index in [0.29, 0.717) is 5.75 Å². The Morgan fingerprint density at radius 2 is 1.09 bits per heavy atom. The number of hydrogen-bond donors (Lipinski definition) is 0. The van der Waals surface area contributed by atoms with E-state index in [2.05, 4.69) is 0 Å². The van der Waals surface area contributed by atoms with Gasteiger partial charge in [0.1, 0.15) is 5.75 Å². The van der Waals surface area contributed by atoms with Gasteiger partial charge >= 0.3 is 13.0 Å². The molecule has 0 amide bonds. The molecule has 114 valence electrons. The Morgan fingerprint density at radius 3 is 1.52 bits per heavy atom. The molecule has 3 aromatic rings. The maximum atomic E-state index is 12.9.